The van der Waals surface area contributed by atoms with Crippen LogP contribution in [0.15, 0.2) is 64.5 Å². The van der Waals surface area contributed by atoms with E-state index in [1.54, 1.807) is 24.3 Å². The molecular formula is C18H24N4O2S. The van der Waals surface area contributed by atoms with Gasteiger partial charge < -0.3 is 10.2 Å². The lowest BCUT2D eigenvalue weighted by Gasteiger charge is -2.18. The lowest BCUT2D eigenvalue weighted by atomic mass is 10.2. The van der Waals surface area contributed by atoms with E-state index in [-0.39, 0.29) is 4.90 Å². The molecule has 0 bridgehead atoms. The summed E-state index contributed by atoms with van der Waals surface area (Å²) in [7, 11) is 1.86. The summed E-state index contributed by atoms with van der Waals surface area (Å²) in [6.07, 6.45) is 0. The van der Waals surface area contributed by atoms with E-state index in [1.807, 2.05) is 49.3 Å². The van der Waals surface area contributed by atoms with Gasteiger partial charge in [0, 0.05) is 20.6 Å². The molecule has 2 rings (SSSR count). The Labute approximate surface area is 149 Å². The summed E-state index contributed by atoms with van der Waals surface area (Å²) in [5.74, 6) is 0.774. The molecule has 0 saturated carbocycles. The molecule has 6 nitrogen and oxygen atoms in total. The highest BCUT2D eigenvalue weighted by Crippen LogP contribution is 2.10. The molecule has 7 heteroatoms. The Hall–Kier alpha value is -2.38. The predicted octanol–water partition coefficient (Wildman–Crippen LogP) is 1.80. The SMILES string of the molecule is CNS(=O)(=O)c1ccc(CNC(=NCc2ccccc2)N(C)C)cc1. The largest absolute Gasteiger partial charge is 0.352 e. The zero-order chi connectivity index (χ0) is 18.3. The Balaban J connectivity index is 2.01. The third kappa shape index (κ3) is 5.58. The topological polar surface area (TPSA) is 73.8 Å². The molecule has 2 aromatic rings. The zero-order valence-electron chi connectivity index (χ0n) is 14.7. The molecule has 2 N–H and O–H groups in total. The number of nitrogens with zero attached hydrogens (tertiary/aromatic N) is 2. The van der Waals surface area contributed by atoms with Crippen molar-refractivity contribution in [3.8, 4) is 0 Å². The Morgan fingerprint density at radius 3 is 2.20 bits per heavy atom. The highest BCUT2D eigenvalue weighted by molar-refractivity contribution is 7.89. The van der Waals surface area contributed by atoms with Gasteiger partial charge in [0.15, 0.2) is 5.96 Å². The molecule has 0 aliphatic heterocycles. The standard InChI is InChI=1S/C18H24N4O2S/c1-19-25(23,24)17-11-9-16(10-12-17)14-21-18(22(2)3)20-13-15-7-5-4-6-8-15/h4-12,19H,13-14H2,1-3H3,(H,20,21). The number of hydrogen-bond donors (Lipinski definition) is 2. The molecule has 0 spiro atoms. The molecule has 0 saturated heterocycles. The van der Waals surface area contributed by atoms with Gasteiger partial charge in [0.1, 0.15) is 0 Å². The smallest absolute Gasteiger partial charge is 0.240 e. The molecule has 0 atom stereocenters. The van der Waals surface area contributed by atoms with Crippen LogP contribution in [0.2, 0.25) is 0 Å². The van der Waals surface area contributed by atoms with E-state index in [2.05, 4.69) is 15.0 Å². The first-order valence-corrected chi connectivity index (χ1v) is 9.43. The van der Waals surface area contributed by atoms with Crippen LogP contribution in [0.25, 0.3) is 0 Å². The molecule has 0 aliphatic rings. The molecule has 0 aliphatic carbocycles. The van der Waals surface area contributed by atoms with Crippen LogP contribution in [0.1, 0.15) is 11.1 Å². The zero-order valence-corrected chi connectivity index (χ0v) is 15.5. The maximum atomic E-state index is 11.7. The molecule has 0 fully saturated rings. The second kappa shape index (κ2) is 8.64. The monoisotopic (exact) mass is 360 g/mol. The van der Waals surface area contributed by atoms with Gasteiger partial charge in [-0.05, 0) is 30.3 Å². The minimum Gasteiger partial charge on any atom is -0.352 e. The van der Waals surface area contributed by atoms with Crippen LogP contribution in [-0.4, -0.2) is 40.4 Å². The summed E-state index contributed by atoms with van der Waals surface area (Å²) >= 11 is 0. The number of hydrogen-bond acceptors (Lipinski definition) is 3. The average Bonchev–Trinajstić information content (AvgIpc) is 2.62. The number of rotatable bonds is 6. The normalized spacial score (nSPS) is 12.0. The van der Waals surface area contributed by atoms with Crippen LogP contribution in [0.3, 0.4) is 0 Å². The van der Waals surface area contributed by atoms with Crippen molar-refractivity contribution < 1.29 is 8.42 Å². The lowest BCUT2D eigenvalue weighted by Crippen LogP contribution is -2.36. The van der Waals surface area contributed by atoms with Gasteiger partial charge in [0.05, 0.1) is 11.4 Å². The number of benzene rings is 2. The Morgan fingerprint density at radius 1 is 1.00 bits per heavy atom. The van der Waals surface area contributed by atoms with E-state index in [0.29, 0.717) is 13.1 Å². The van der Waals surface area contributed by atoms with E-state index < -0.39 is 10.0 Å². The van der Waals surface area contributed by atoms with Crippen LogP contribution in [-0.2, 0) is 23.1 Å². The fourth-order valence-electron chi connectivity index (χ4n) is 2.19. The summed E-state index contributed by atoms with van der Waals surface area (Å²) in [5.41, 5.74) is 2.12. The van der Waals surface area contributed by atoms with Crippen molar-refractivity contribution >= 4 is 16.0 Å². The second-order valence-corrected chi connectivity index (χ2v) is 7.61. The molecule has 0 unspecified atom stereocenters. The van der Waals surface area contributed by atoms with Crippen molar-refractivity contribution in [1.82, 2.24) is 14.9 Å². The third-order valence-corrected chi connectivity index (χ3v) is 5.06. The molecule has 2 aromatic carbocycles. The third-order valence-electron chi connectivity index (χ3n) is 3.63. The van der Waals surface area contributed by atoms with Crippen LogP contribution < -0.4 is 10.0 Å². The lowest BCUT2D eigenvalue weighted by molar-refractivity contribution is 0.578. The number of guanidine groups is 1. The molecule has 0 amide bonds. The highest BCUT2D eigenvalue weighted by Gasteiger charge is 2.10. The van der Waals surface area contributed by atoms with Gasteiger partial charge >= 0.3 is 0 Å². The summed E-state index contributed by atoms with van der Waals surface area (Å²) in [6, 6.07) is 16.8. The fourth-order valence-corrected chi connectivity index (χ4v) is 2.92. The van der Waals surface area contributed by atoms with E-state index in [4.69, 9.17) is 0 Å². The summed E-state index contributed by atoms with van der Waals surface area (Å²) in [5, 5.41) is 3.29. The molecule has 0 radical (unpaired) electrons. The van der Waals surface area contributed by atoms with Gasteiger partial charge in [-0.3, -0.25) is 0 Å². The van der Waals surface area contributed by atoms with Crippen molar-refractivity contribution in [2.24, 2.45) is 4.99 Å². The van der Waals surface area contributed by atoms with E-state index in [9.17, 15) is 8.42 Å². The number of aliphatic imine (C=N–C) groups is 1. The molecular weight excluding hydrogens is 336 g/mol. The number of sulfonamides is 1. The minimum atomic E-state index is -3.40. The summed E-state index contributed by atoms with van der Waals surface area (Å²) in [4.78, 5) is 6.78. The van der Waals surface area contributed by atoms with E-state index >= 15 is 0 Å². The second-order valence-electron chi connectivity index (χ2n) is 5.72. The first kappa shape index (κ1) is 19.0. The molecule has 0 heterocycles. The van der Waals surface area contributed by atoms with Crippen LogP contribution in [0.4, 0.5) is 0 Å². The van der Waals surface area contributed by atoms with Gasteiger partial charge in [0.2, 0.25) is 10.0 Å². The maximum Gasteiger partial charge on any atom is 0.240 e. The van der Waals surface area contributed by atoms with Crippen LogP contribution in [0, 0.1) is 0 Å². The first-order chi connectivity index (χ1) is 11.9. The van der Waals surface area contributed by atoms with Gasteiger partial charge in [-0.15, -0.1) is 0 Å². The van der Waals surface area contributed by atoms with Crippen LogP contribution in [0.5, 0.6) is 0 Å². The fraction of sp³-hybridized carbons (Fsp3) is 0.278. The van der Waals surface area contributed by atoms with E-state index in [1.165, 1.54) is 7.05 Å². The minimum absolute atomic E-state index is 0.254. The quantitative estimate of drug-likeness (QED) is 0.609. The van der Waals surface area contributed by atoms with Gasteiger partial charge in [-0.25, -0.2) is 18.1 Å². The Bertz CT molecular complexity index is 801. The van der Waals surface area contributed by atoms with Crippen LogP contribution >= 0.6 is 0 Å². The van der Waals surface area contributed by atoms with Gasteiger partial charge in [-0.1, -0.05) is 42.5 Å². The summed E-state index contributed by atoms with van der Waals surface area (Å²) in [6.45, 7) is 1.16. The Kier molecular flexibility index (Phi) is 6.55. The maximum absolute atomic E-state index is 11.7. The molecule has 25 heavy (non-hydrogen) atoms. The summed E-state index contributed by atoms with van der Waals surface area (Å²) < 4.78 is 25.8. The van der Waals surface area contributed by atoms with Crippen molar-refractivity contribution in [2.45, 2.75) is 18.0 Å². The van der Waals surface area contributed by atoms with Crippen molar-refractivity contribution in [3.05, 3.63) is 65.7 Å². The average molecular weight is 360 g/mol. The van der Waals surface area contributed by atoms with Gasteiger partial charge in [-0.2, -0.15) is 0 Å². The van der Waals surface area contributed by atoms with E-state index in [0.717, 1.165) is 17.1 Å². The molecule has 134 valence electrons. The highest BCUT2D eigenvalue weighted by atomic mass is 32.2. The number of nitrogens with one attached hydrogen (secondary N) is 2. The van der Waals surface area contributed by atoms with Crippen molar-refractivity contribution in [1.29, 1.82) is 0 Å². The molecule has 0 aromatic heterocycles. The predicted molar refractivity (Wildman–Crippen MR) is 101 cm³/mol. The first-order valence-electron chi connectivity index (χ1n) is 7.94. The van der Waals surface area contributed by atoms with Crippen molar-refractivity contribution in [2.75, 3.05) is 21.1 Å². The van der Waals surface area contributed by atoms with Crippen molar-refractivity contribution in [3.63, 3.8) is 0 Å². The van der Waals surface area contributed by atoms with Gasteiger partial charge in [0.25, 0.3) is 0 Å². The Morgan fingerprint density at radius 2 is 1.64 bits per heavy atom.